The van der Waals surface area contributed by atoms with E-state index < -0.39 is 0 Å². The number of rotatable bonds is 5. The van der Waals surface area contributed by atoms with Crippen molar-refractivity contribution >= 4 is 43.5 Å². The zero-order chi connectivity index (χ0) is 39.1. The Hall–Kier alpha value is -7.62. The van der Waals surface area contributed by atoms with Gasteiger partial charge in [-0.3, -0.25) is 0 Å². The third-order valence-electron chi connectivity index (χ3n) is 12.6. The van der Waals surface area contributed by atoms with Crippen LogP contribution in [0, 0.1) is 0 Å². The monoisotopic (exact) mass is 752 g/mol. The Kier molecular flexibility index (Phi) is 7.36. The van der Waals surface area contributed by atoms with Gasteiger partial charge in [-0.25, -0.2) is 9.97 Å². The Bertz CT molecular complexity index is 3460. The fraction of sp³-hybridized carbons (Fsp3) is 0.0357. The van der Waals surface area contributed by atoms with E-state index in [9.17, 15) is 0 Å². The number of hydrogen-bond donors (Lipinski definition) is 0. The molecule has 12 rings (SSSR count). The van der Waals surface area contributed by atoms with Crippen LogP contribution in [0.1, 0.15) is 23.6 Å². The first-order valence-corrected chi connectivity index (χ1v) is 20.2. The second-order valence-corrected chi connectivity index (χ2v) is 15.8. The van der Waals surface area contributed by atoms with Gasteiger partial charge >= 0.3 is 0 Å². The van der Waals surface area contributed by atoms with E-state index in [-0.39, 0.29) is 5.41 Å². The molecule has 0 saturated heterocycles. The number of nitrogens with zero attached hydrogens (tertiary/aromatic N) is 2. The van der Waals surface area contributed by atoms with E-state index in [4.69, 9.17) is 14.4 Å². The molecule has 0 fully saturated rings. The van der Waals surface area contributed by atoms with Crippen molar-refractivity contribution in [2.75, 3.05) is 0 Å². The van der Waals surface area contributed by atoms with Crippen molar-refractivity contribution in [3.63, 3.8) is 0 Å². The van der Waals surface area contributed by atoms with Crippen molar-refractivity contribution in [1.29, 1.82) is 0 Å². The lowest BCUT2D eigenvalue weighted by atomic mass is 9.74. The number of benzene rings is 9. The first-order chi connectivity index (χ1) is 29.1. The Morgan fingerprint density at radius 3 is 1.83 bits per heavy atom. The predicted octanol–water partition coefficient (Wildman–Crippen LogP) is 14.7. The van der Waals surface area contributed by atoms with Crippen LogP contribution >= 0.6 is 0 Å². The van der Waals surface area contributed by atoms with Crippen molar-refractivity contribution in [3.8, 4) is 56.2 Å². The van der Waals surface area contributed by atoms with Crippen LogP contribution in [-0.4, -0.2) is 9.97 Å². The number of aromatic nitrogens is 2. The molecule has 2 heterocycles. The highest BCUT2D eigenvalue weighted by Gasteiger charge is 2.41. The van der Waals surface area contributed by atoms with Crippen molar-refractivity contribution in [3.05, 3.63) is 217 Å². The van der Waals surface area contributed by atoms with Gasteiger partial charge in [-0.1, -0.05) is 176 Å². The van der Waals surface area contributed by atoms with Gasteiger partial charge in [0.05, 0.1) is 11.4 Å². The first kappa shape index (κ1) is 33.5. The maximum Gasteiger partial charge on any atom is 0.160 e. The highest BCUT2D eigenvalue weighted by molar-refractivity contribution is 6.30. The van der Waals surface area contributed by atoms with Crippen LogP contribution in [-0.2, 0) is 5.41 Å². The minimum atomic E-state index is -0.309. The van der Waals surface area contributed by atoms with Crippen molar-refractivity contribution in [2.45, 2.75) is 12.3 Å². The fourth-order valence-corrected chi connectivity index (χ4v) is 9.73. The lowest BCUT2D eigenvalue weighted by Gasteiger charge is -2.28. The highest BCUT2D eigenvalue weighted by atomic mass is 16.3. The van der Waals surface area contributed by atoms with E-state index >= 15 is 0 Å². The summed E-state index contributed by atoms with van der Waals surface area (Å²) in [5.41, 5.74) is 14.9. The van der Waals surface area contributed by atoms with Crippen LogP contribution in [0.2, 0.25) is 0 Å². The lowest BCUT2D eigenvalue weighted by molar-refractivity contribution is 0.673. The second kappa shape index (κ2) is 13.0. The molecule has 0 amide bonds. The topological polar surface area (TPSA) is 38.9 Å². The highest BCUT2D eigenvalue weighted by Crippen LogP contribution is 2.55. The van der Waals surface area contributed by atoms with Gasteiger partial charge in [0, 0.05) is 38.3 Å². The average Bonchev–Trinajstić information content (AvgIpc) is 3.83. The van der Waals surface area contributed by atoms with Gasteiger partial charge in [0.2, 0.25) is 0 Å². The molecule has 0 radical (unpaired) electrons. The molecule has 3 heteroatoms. The SMILES string of the molecule is CC1(c2ccccc2)c2ccccc2-c2c(-c3cc(-c4cccc(-c5ccc6c(c5)oc5c7ccccc7c7ccccc7c65)c4)nc(-c4ccccc4)n3)cccc21. The third kappa shape index (κ3) is 5.08. The second-order valence-electron chi connectivity index (χ2n) is 15.8. The molecule has 0 spiro atoms. The molecule has 59 heavy (non-hydrogen) atoms. The van der Waals surface area contributed by atoms with Crippen LogP contribution in [0.4, 0.5) is 0 Å². The Labute approximate surface area is 341 Å². The summed E-state index contributed by atoms with van der Waals surface area (Å²) in [6, 6.07) is 71.4. The molecule has 276 valence electrons. The van der Waals surface area contributed by atoms with E-state index in [2.05, 4.69) is 189 Å². The number of hydrogen-bond acceptors (Lipinski definition) is 3. The molecule has 0 aliphatic heterocycles. The van der Waals surface area contributed by atoms with Crippen LogP contribution in [0.25, 0.3) is 99.6 Å². The Morgan fingerprint density at radius 2 is 1.00 bits per heavy atom. The van der Waals surface area contributed by atoms with Gasteiger partial charge in [0.1, 0.15) is 11.2 Å². The third-order valence-corrected chi connectivity index (χ3v) is 12.6. The van der Waals surface area contributed by atoms with E-state index in [1.807, 2.05) is 18.2 Å². The molecule has 1 aliphatic carbocycles. The molecule has 11 aromatic rings. The Balaban J connectivity index is 1.02. The van der Waals surface area contributed by atoms with E-state index in [1.165, 1.54) is 44.0 Å². The first-order valence-electron chi connectivity index (χ1n) is 20.2. The minimum Gasteiger partial charge on any atom is -0.455 e. The van der Waals surface area contributed by atoms with Gasteiger partial charge in [0.25, 0.3) is 0 Å². The van der Waals surface area contributed by atoms with Crippen molar-refractivity contribution < 1.29 is 4.42 Å². The normalized spacial score (nSPS) is 14.6. The van der Waals surface area contributed by atoms with Gasteiger partial charge in [0.15, 0.2) is 5.82 Å². The summed E-state index contributed by atoms with van der Waals surface area (Å²) in [4.78, 5) is 10.6. The molecule has 1 atom stereocenters. The standard InChI is InChI=1S/C56H36N2O/c1-56(39-20-6-3-7-21-39)47-28-13-12-26-44(47)52-45(27-15-29-48(52)56)50-34-49(57-55(58-50)35-16-4-2-5-17-35)38-19-14-18-36(32-38)37-30-31-46-51(33-37)59-54-43-25-11-9-23-41(43)40-22-8-10-24-42(40)53(46)54/h2-34H,1H3. The summed E-state index contributed by atoms with van der Waals surface area (Å²) < 4.78 is 6.76. The largest absolute Gasteiger partial charge is 0.455 e. The fourth-order valence-electron chi connectivity index (χ4n) is 9.73. The van der Waals surface area contributed by atoms with Crippen LogP contribution in [0.15, 0.2) is 205 Å². The van der Waals surface area contributed by atoms with E-state index in [0.29, 0.717) is 5.82 Å². The Morgan fingerprint density at radius 1 is 0.407 bits per heavy atom. The molecule has 9 aromatic carbocycles. The van der Waals surface area contributed by atoms with Gasteiger partial charge in [-0.15, -0.1) is 0 Å². The smallest absolute Gasteiger partial charge is 0.160 e. The van der Waals surface area contributed by atoms with Crippen LogP contribution in [0.5, 0.6) is 0 Å². The lowest BCUT2D eigenvalue weighted by Crippen LogP contribution is -2.22. The summed E-state index contributed by atoms with van der Waals surface area (Å²) in [5, 5.41) is 7.07. The summed E-state index contributed by atoms with van der Waals surface area (Å²) >= 11 is 0. The molecule has 0 bridgehead atoms. The molecular formula is C56H36N2O. The zero-order valence-electron chi connectivity index (χ0n) is 32.4. The number of furan rings is 1. The van der Waals surface area contributed by atoms with Crippen LogP contribution < -0.4 is 0 Å². The molecule has 1 aliphatic rings. The van der Waals surface area contributed by atoms with Crippen LogP contribution in [0.3, 0.4) is 0 Å². The van der Waals surface area contributed by atoms with Crippen molar-refractivity contribution in [1.82, 2.24) is 9.97 Å². The van der Waals surface area contributed by atoms with E-state index in [0.717, 1.165) is 66.5 Å². The maximum absolute atomic E-state index is 6.76. The molecule has 3 nitrogen and oxygen atoms in total. The molecular weight excluding hydrogens is 717 g/mol. The van der Waals surface area contributed by atoms with Gasteiger partial charge in [-0.2, -0.15) is 0 Å². The molecule has 1 unspecified atom stereocenters. The molecule has 2 aromatic heterocycles. The minimum absolute atomic E-state index is 0.309. The van der Waals surface area contributed by atoms with Crippen molar-refractivity contribution in [2.24, 2.45) is 0 Å². The van der Waals surface area contributed by atoms with Gasteiger partial charge in [-0.05, 0) is 86.3 Å². The summed E-state index contributed by atoms with van der Waals surface area (Å²) in [7, 11) is 0. The molecule has 0 saturated carbocycles. The quantitative estimate of drug-likeness (QED) is 0.164. The van der Waals surface area contributed by atoms with E-state index in [1.54, 1.807) is 0 Å². The predicted molar refractivity (Wildman–Crippen MR) is 243 cm³/mol. The van der Waals surface area contributed by atoms with Gasteiger partial charge < -0.3 is 4.42 Å². The number of fused-ring (bicyclic) bond motifs is 11. The maximum atomic E-state index is 6.76. The zero-order valence-corrected chi connectivity index (χ0v) is 32.4. The summed E-state index contributed by atoms with van der Waals surface area (Å²) in [6.07, 6.45) is 0. The average molecular weight is 753 g/mol. The summed E-state index contributed by atoms with van der Waals surface area (Å²) in [5.74, 6) is 0.696. The molecule has 0 N–H and O–H groups in total. The summed E-state index contributed by atoms with van der Waals surface area (Å²) in [6.45, 7) is 2.36.